The van der Waals surface area contributed by atoms with Gasteiger partial charge in [-0.25, -0.2) is 4.79 Å². The van der Waals surface area contributed by atoms with E-state index in [1.807, 2.05) is 4.98 Å². The molecule has 3 aromatic rings. The normalized spacial score (nSPS) is 12.3. The van der Waals surface area contributed by atoms with Gasteiger partial charge < -0.3 is 5.32 Å². The van der Waals surface area contributed by atoms with Crippen molar-refractivity contribution in [2.45, 2.75) is 19.3 Å². The van der Waals surface area contributed by atoms with Crippen LogP contribution in [0.2, 0.25) is 0 Å². The predicted molar refractivity (Wildman–Crippen MR) is 105 cm³/mol. The molecule has 2 N–H and O–H groups in total. The number of hydrogen-bond acceptors (Lipinski definition) is 4. The highest BCUT2D eigenvalue weighted by molar-refractivity contribution is 6.03. The molecule has 2 aromatic carbocycles. The van der Waals surface area contributed by atoms with Crippen molar-refractivity contribution >= 4 is 11.7 Å². The molecule has 0 spiro atoms. The van der Waals surface area contributed by atoms with E-state index in [0.717, 1.165) is 46.7 Å². The average Bonchev–Trinajstić information content (AvgIpc) is 2.71. The number of aromatic nitrogens is 2. The molecule has 0 fully saturated rings. The quantitative estimate of drug-likeness (QED) is 0.607. The van der Waals surface area contributed by atoms with Gasteiger partial charge in [0.2, 0.25) is 5.78 Å². The minimum absolute atomic E-state index is 0.166. The monoisotopic (exact) mass is 431 g/mol. The standard InChI is InChI=1S/C21H16F3N3O4/c1-12-3-2-4-14(11-12)19(30)26-18(27-10-9-16(28)25-20(27)31)17(29)13-5-7-15(8-6-13)21(22,23)24/h2-11,18H,1H3,(H,26,30)(H,25,28,31). The number of halogens is 3. The summed E-state index contributed by atoms with van der Waals surface area (Å²) in [6, 6.07) is 10.8. The number of nitrogens with one attached hydrogen (secondary N) is 2. The van der Waals surface area contributed by atoms with E-state index < -0.39 is 40.8 Å². The van der Waals surface area contributed by atoms with E-state index in [9.17, 15) is 32.3 Å². The van der Waals surface area contributed by atoms with Gasteiger partial charge in [0.25, 0.3) is 11.5 Å². The third-order valence-corrected chi connectivity index (χ3v) is 4.42. The minimum Gasteiger partial charge on any atom is -0.325 e. The molecule has 10 heteroatoms. The topological polar surface area (TPSA) is 101 Å². The number of alkyl halides is 3. The van der Waals surface area contributed by atoms with Gasteiger partial charge in [0.15, 0.2) is 6.17 Å². The Morgan fingerprint density at radius 2 is 1.68 bits per heavy atom. The fourth-order valence-electron chi connectivity index (χ4n) is 2.87. The molecule has 1 unspecified atom stereocenters. The fraction of sp³-hybridized carbons (Fsp3) is 0.143. The molecular weight excluding hydrogens is 415 g/mol. The van der Waals surface area contributed by atoms with Crippen molar-refractivity contribution in [1.82, 2.24) is 14.9 Å². The number of rotatable bonds is 5. The van der Waals surface area contributed by atoms with Crippen LogP contribution >= 0.6 is 0 Å². The Kier molecular flexibility index (Phi) is 5.91. The van der Waals surface area contributed by atoms with Crippen molar-refractivity contribution in [3.05, 3.63) is 104 Å². The first kappa shape index (κ1) is 21.8. The lowest BCUT2D eigenvalue weighted by Gasteiger charge is -2.20. The van der Waals surface area contributed by atoms with Gasteiger partial charge in [0, 0.05) is 23.4 Å². The zero-order valence-corrected chi connectivity index (χ0v) is 16.1. The molecular formula is C21H16F3N3O4. The van der Waals surface area contributed by atoms with Crippen LogP contribution < -0.4 is 16.6 Å². The van der Waals surface area contributed by atoms with Crippen LogP contribution in [0.15, 0.2) is 70.4 Å². The van der Waals surface area contributed by atoms with Crippen LogP contribution in [0, 0.1) is 6.92 Å². The average molecular weight is 431 g/mol. The van der Waals surface area contributed by atoms with E-state index in [-0.39, 0.29) is 11.1 Å². The zero-order valence-electron chi connectivity index (χ0n) is 16.1. The summed E-state index contributed by atoms with van der Waals surface area (Å²) in [5.74, 6) is -1.53. The molecule has 0 aliphatic carbocycles. The Balaban J connectivity index is 2.01. The predicted octanol–water partition coefficient (Wildman–Crippen LogP) is 2.68. The van der Waals surface area contributed by atoms with Crippen molar-refractivity contribution in [2.75, 3.05) is 0 Å². The van der Waals surface area contributed by atoms with Crippen LogP contribution in [-0.4, -0.2) is 21.2 Å². The maximum absolute atomic E-state index is 13.0. The van der Waals surface area contributed by atoms with Gasteiger partial charge in [-0.1, -0.05) is 29.8 Å². The van der Waals surface area contributed by atoms with E-state index in [2.05, 4.69) is 5.32 Å². The van der Waals surface area contributed by atoms with Crippen LogP contribution in [0.5, 0.6) is 0 Å². The number of hydrogen-bond donors (Lipinski definition) is 2. The molecule has 1 aromatic heterocycles. The smallest absolute Gasteiger partial charge is 0.325 e. The van der Waals surface area contributed by atoms with Gasteiger partial charge in [-0.2, -0.15) is 13.2 Å². The van der Waals surface area contributed by atoms with Crippen LogP contribution in [0.4, 0.5) is 13.2 Å². The number of H-pyrrole nitrogens is 1. The summed E-state index contributed by atoms with van der Waals surface area (Å²) in [5.41, 5.74) is -1.82. The maximum Gasteiger partial charge on any atom is 0.416 e. The Morgan fingerprint density at radius 3 is 2.26 bits per heavy atom. The lowest BCUT2D eigenvalue weighted by molar-refractivity contribution is -0.137. The van der Waals surface area contributed by atoms with Crippen LogP contribution in [0.1, 0.15) is 38.0 Å². The first-order valence-electron chi connectivity index (χ1n) is 8.97. The number of aromatic amines is 1. The Bertz CT molecular complexity index is 1240. The van der Waals surface area contributed by atoms with Crippen LogP contribution in [-0.2, 0) is 6.18 Å². The molecule has 1 atom stereocenters. The third kappa shape index (κ3) is 4.97. The van der Waals surface area contributed by atoms with Crippen LogP contribution in [0.25, 0.3) is 0 Å². The summed E-state index contributed by atoms with van der Waals surface area (Å²) in [5, 5.41) is 2.41. The number of carbonyl (C=O) groups is 2. The highest BCUT2D eigenvalue weighted by Gasteiger charge is 2.31. The van der Waals surface area contributed by atoms with E-state index in [4.69, 9.17) is 0 Å². The molecule has 0 aliphatic heterocycles. The van der Waals surface area contributed by atoms with Gasteiger partial charge in [-0.05, 0) is 31.2 Å². The van der Waals surface area contributed by atoms with E-state index >= 15 is 0 Å². The summed E-state index contributed by atoms with van der Waals surface area (Å²) in [4.78, 5) is 51.3. The van der Waals surface area contributed by atoms with Crippen molar-refractivity contribution in [3.63, 3.8) is 0 Å². The second-order valence-corrected chi connectivity index (χ2v) is 6.70. The molecule has 0 radical (unpaired) electrons. The SMILES string of the molecule is Cc1cccc(C(=O)NC(C(=O)c2ccc(C(F)(F)F)cc2)n2ccc(=O)[nH]c2=O)c1. The molecule has 7 nitrogen and oxygen atoms in total. The molecule has 0 saturated heterocycles. The molecule has 0 bridgehead atoms. The Morgan fingerprint density at radius 1 is 1.00 bits per heavy atom. The van der Waals surface area contributed by atoms with E-state index in [1.54, 1.807) is 25.1 Å². The Labute approximate surface area is 173 Å². The van der Waals surface area contributed by atoms with E-state index in [1.165, 1.54) is 6.07 Å². The lowest BCUT2D eigenvalue weighted by atomic mass is 10.1. The summed E-state index contributed by atoms with van der Waals surface area (Å²) in [6.45, 7) is 1.76. The molecule has 160 valence electrons. The summed E-state index contributed by atoms with van der Waals surface area (Å²) < 4.78 is 39.2. The fourth-order valence-corrected chi connectivity index (χ4v) is 2.87. The molecule has 3 rings (SSSR count). The highest BCUT2D eigenvalue weighted by atomic mass is 19.4. The highest BCUT2D eigenvalue weighted by Crippen LogP contribution is 2.29. The molecule has 0 aliphatic rings. The summed E-state index contributed by atoms with van der Waals surface area (Å²) >= 11 is 0. The molecule has 0 saturated carbocycles. The maximum atomic E-state index is 13.0. The number of benzene rings is 2. The Hall–Kier alpha value is -3.95. The van der Waals surface area contributed by atoms with Crippen molar-refractivity contribution in [1.29, 1.82) is 0 Å². The molecule has 1 amide bonds. The first-order valence-corrected chi connectivity index (χ1v) is 8.97. The molecule has 31 heavy (non-hydrogen) atoms. The number of Topliss-reactive ketones (excluding diaryl/α,β-unsaturated/α-hetero) is 1. The number of amides is 1. The number of ketones is 1. The van der Waals surface area contributed by atoms with Crippen LogP contribution in [0.3, 0.4) is 0 Å². The van der Waals surface area contributed by atoms with Gasteiger partial charge in [-0.15, -0.1) is 0 Å². The third-order valence-electron chi connectivity index (χ3n) is 4.42. The van der Waals surface area contributed by atoms with Gasteiger partial charge >= 0.3 is 11.9 Å². The van der Waals surface area contributed by atoms with Gasteiger partial charge in [0.05, 0.1) is 5.56 Å². The lowest BCUT2D eigenvalue weighted by Crippen LogP contribution is -2.44. The second kappa shape index (κ2) is 8.42. The summed E-state index contributed by atoms with van der Waals surface area (Å²) in [6.07, 6.45) is -5.17. The summed E-state index contributed by atoms with van der Waals surface area (Å²) in [7, 11) is 0. The first-order chi connectivity index (χ1) is 14.6. The van der Waals surface area contributed by atoms with E-state index in [0.29, 0.717) is 0 Å². The number of nitrogens with zero attached hydrogens (tertiary/aromatic N) is 1. The number of carbonyl (C=O) groups excluding carboxylic acids is 2. The largest absolute Gasteiger partial charge is 0.416 e. The van der Waals surface area contributed by atoms with Gasteiger partial charge in [0.1, 0.15) is 0 Å². The van der Waals surface area contributed by atoms with Crippen molar-refractivity contribution < 1.29 is 22.8 Å². The minimum atomic E-state index is -4.59. The van der Waals surface area contributed by atoms with Crippen molar-refractivity contribution in [2.24, 2.45) is 0 Å². The van der Waals surface area contributed by atoms with Crippen molar-refractivity contribution in [3.8, 4) is 0 Å². The second-order valence-electron chi connectivity index (χ2n) is 6.70. The number of aryl methyl sites for hydroxylation is 1. The molecule has 1 heterocycles. The zero-order chi connectivity index (χ0) is 22.8. The van der Waals surface area contributed by atoms with Gasteiger partial charge in [-0.3, -0.25) is 23.9 Å².